The highest BCUT2D eigenvalue weighted by Gasteiger charge is 2.33. The van der Waals surface area contributed by atoms with Crippen LogP contribution >= 0.6 is 12.4 Å². The number of fused-ring (bicyclic) bond motifs is 1. The molecule has 0 aliphatic carbocycles. The van der Waals surface area contributed by atoms with Crippen LogP contribution in [0.4, 0.5) is 18.9 Å². The molecule has 3 aromatic rings. The van der Waals surface area contributed by atoms with Gasteiger partial charge in [-0.2, -0.15) is 0 Å². The lowest BCUT2D eigenvalue weighted by atomic mass is 9.89. The Morgan fingerprint density at radius 3 is 2.58 bits per heavy atom. The van der Waals surface area contributed by atoms with Crippen LogP contribution < -0.4 is 16.2 Å². The Bertz CT molecular complexity index is 1250. The van der Waals surface area contributed by atoms with Crippen LogP contribution in [0.2, 0.25) is 0 Å². The largest absolute Gasteiger partial charge is 0.573 e. The van der Waals surface area contributed by atoms with Crippen LogP contribution in [0.15, 0.2) is 30.5 Å². The molecule has 2 fully saturated rings. The fourth-order valence-corrected chi connectivity index (χ4v) is 4.80. The van der Waals surface area contributed by atoms with E-state index in [1.54, 1.807) is 11.1 Å². The number of imidazole rings is 1. The van der Waals surface area contributed by atoms with Gasteiger partial charge in [0.25, 0.3) is 5.91 Å². The van der Waals surface area contributed by atoms with Crippen molar-refractivity contribution in [1.29, 1.82) is 0 Å². The number of hydrogen-bond donors (Lipinski definition) is 3. The number of piperidine rings is 1. The number of nitrogens with one attached hydrogen (secondary N) is 1. The van der Waals surface area contributed by atoms with E-state index in [-0.39, 0.29) is 47.6 Å². The Hall–Kier alpha value is -3.09. The second kappa shape index (κ2) is 10.1. The van der Waals surface area contributed by atoms with Crippen molar-refractivity contribution in [3.63, 3.8) is 0 Å². The van der Waals surface area contributed by atoms with E-state index in [1.165, 1.54) is 6.07 Å². The minimum absolute atomic E-state index is 0. The number of nitrogens with zero attached hydrogens (tertiary/aromatic N) is 3. The molecule has 0 unspecified atom stereocenters. The monoisotopic (exact) mass is 526 g/mol. The number of anilines is 1. The number of amides is 1. The maximum absolute atomic E-state index is 13.0. The Morgan fingerprint density at radius 2 is 1.94 bits per heavy atom. The van der Waals surface area contributed by atoms with Crippen molar-refractivity contribution < 1.29 is 27.4 Å². The molecule has 4 heterocycles. The predicted octanol–water partition coefficient (Wildman–Crippen LogP) is 3.67. The first-order chi connectivity index (χ1) is 16.7. The number of aromatic amines is 1. The average molecular weight is 527 g/mol. The van der Waals surface area contributed by atoms with E-state index in [9.17, 15) is 18.0 Å². The summed E-state index contributed by atoms with van der Waals surface area (Å²) in [6.07, 6.45) is -1.21. The third-order valence-corrected chi connectivity index (χ3v) is 6.55. The minimum atomic E-state index is -4.83. The van der Waals surface area contributed by atoms with Crippen LogP contribution in [0.3, 0.4) is 0 Å². The SMILES string of the molecule is Cl.Nc1cc(OC(F)(F)F)ccc1C(=O)N1CCC(c2ccnc3[nH]c([C@@H]4OCC[C@@H]4N)nc23)CC1. The van der Waals surface area contributed by atoms with Crippen molar-refractivity contribution >= 4 is 35.2 Å². The van der Waals surface area contributed by atoms with Crippen molar-refractivity contribution in [2.75, 3.05) is 25.4 Å². The molecule has 0 spiro atoms. The Morgan fingerprint density at radius 1 is 1.19 bits per heavy atom. The minimum Gasteiger partial charge on any atom is -0.406 e. The quantitative estimate of drug-likeness (QED) is 0.442. The lowest BCUT2D eigenvalue weighted by Gasteiger charge is -2.32. The summed E-state index contributed by atoms with van der Waals surface area (Å²) in [5, 5.41) is 0. The summed E-state index contributed by atoms with van der Waals surface area (Å²) in [6.45, 7) is 1.54. The second-order valence-electron chi connectivity index (χ2n) is 8.83. The number of pyridine rings is 1. The Balaban J connectivity index is 0.00000304. The summed E-state index contributed by atoms with van der Waals surface area (Å²) in [5.41, 5.74) is 14.6. The molecule has 2 aliphatic heterocycles. The van der Waals surface area contributed by atoms with Crippen molar-refractivity contribution in [3.05, 3.63) is 47.4 Å². The maximum atomic E-state index is 13.0. The van der Waals surface area contributed by atoms with Crippen LogP contribution in [0, 0.1) is 0 Å². The zero-order valence-corrected chi connectivity index (χ0v) is 19.9. The number of aromatic nitrogens is 3. The van der Waals surface area contributed by atoms with Crippen LogP contribution in [-0.4, -0.2) is 57.9 Å². The summed E-state index contributed by atoms with van der Waals surface area (Å²) in [6, 6.07) is 5.19. The standard InChI is InChI=1S/C23H25F3N6O3.ClH/c24-23(25,26)35-13-1-2-15(17(28)11-13)22(33)32-8-4-12(5-9-32)14-3-7-29-20-18(14)30-21(31-20)19-16(27)6-10-34-19;/h1-3,7,11-12,16,19H,4-6,8-10,27-28H2,(H,29,30,31);1H/t16-,19+;/m0./s1. The third-order valence-electron chi connectivity index (χ3n) is 6.55. The van der Waals surface area contributed by atoms with Gasteiger partial charge in [-0.1, -0.05) is 0 Å². The molecule has 1 aromatic carbocycles. The number of nitrogen functional groups attached to an aromatic ring is 1. The van der Waals surface area contributed by atoms with Crippen LogP contribution in [-0.2, 0) is 4.74 Å². The van der Waals surface area contributed by atoms with Gasteiger partial charge in [-0.15, -0.1) is 25.6 Å². The third kappa shape index (κ3) is 5.20. The molecule has 2 aliphatic rings. The van der Waals surface area contributed by atoms with E-state index in [0.717, 1.165) is 29.6 Å². The molecule has 1 amide bonds. The van der Waals surface area contributed by atoms with Gasteiger partial charge in [0.05, 0.1) is 5.56 Å². The fraction of sp³-hybridized carbons (Fsp3) is 0.435. The zero-order chi connectivity index (χ0) is 24.7. The molecule has 2 atom stereocenters. The van der Waals surface area contributed by atoms with Gasteiger partial charge in [0.15, 0.2) is 5.65 Å². The normalized spacial score (nSPS) is 20.9. The van der Waals surface area contributed by atoms with E-state index in [1.807, 2.05) is 6.07 Å². The van der Waals surface area contributed by atoms with Gasteiger partial charge >= 0.3 is 6.36 Å². The van der Waals surface area contributed by atoms with Gasteiger partial charge in [-0.3, -0.25) is 4.79 Å². The van der Waals surface area contributed by atoms with E-state index in [4.69, 9.17) is 21.2 Å². The summed E-state index contributed by atoms with van der Waals surface area (Å²) < 4.78 is 46.9. The molecule has 5 rings (SSSR count). The lowest BCUT2D eigenvalue weighted by molar-refractivity contribution is -0.274. The van der Waals surface area contributed by atoms with Crippen molar-refractivity contribution in [2.45, 2.75) is 43.7 Å². The number of likely N-dealkylation sites (tertiary alicyclic amines) is 1. The zero-order valence-electron chi connectivity index (χ0n) is 19.1. The Kier molecular flexibility index (Phi) is 7.30. The molecule has 13 heteroatoms. The number of halogens is 4. The van der Waals surface area contributed by atoms with E-state index >= 15 is 0 Å². The second-order valence-corrected chi connectivity index (χ2v) is 8.83. The predicted molar refractivity (Wildman–Crippen MR) is 128 cm³/mol. The highest BCUT2D eigenvalue weighted by atomic mass is 35.5. The first kappa shape index (κ1) is 26.0. The maximum Gasteiger partial charge on any atom is 0.573 e. The van der Waals surface area contributed by atoms with Crippen LogP contribution in [0.25, 0.3) is 11.2 Å². The van der Waals surface area contributed by atoms with Crippen molar-refractivity contribution in [2.24, 2.45) is 5.73 Å². The topological polar surface area (TPSA) is 132 Å². The summed E-state index contributed by atoms with van der Waals surface area (Å²) in [4.78, 5) is 27.0. The molecule has 194 valence electrons. The van der Waals surface area contributed by atoms with Crippen molar-refractivity contribution in [3.8, 4) is 5.75 Å². The van der Waals surface area contributed by atoms with Crippen molar-refractivity contribution in [1.82, 2.24) is 19.9 Å². The molecule has 2 saturated heterocycles. The summed E-state index contributed by atoms with van der Waals surface area (Å²) >= 11 is 0. The molecule has 36 heavy (non-hydrogen) atoms. The van der Waals surface area contributed by atoms with Gasteiger partial charge < -0.3 is 30.8 Å². The number of benzene rings is 1. The molecule has 0 bridgehead atoms. The van der Waals surface area contributed by atoms with Gasteiger partial charge in [0, 0.05) is 43.7 Å². The number of carbonyl (C=O) groups is 1. The summed E-state index contributed by atoms with van der Waals surface area (Å²) in [7, 11) is 0. The molecule has 9 nitrogen and oxygen atoms in total. The molecule has 2 aromatic heterocycles. The smallest absolute Gasteiger partial charge is 0.406 e. The number of nitrogens with two attached hydrogens (primary N) is 2. The first-order valence-corrected chi connectivity index (χ1v) is 11.4. The first-order valence-electron chi connectivity index (χ1n) is 11.4. The molecule has 0 saturated carbocycles. The van der Waals surface area contributed by atoms with Crippen LogP contribution in [0.5, 0.6) is 5.75 Å². The number of ether oxygens (including phenoxy) is 2. The van der Waals surface area contributed by atoms with Gasteiger partial charge in [0.2, 0.25) is 0 Å². The lowest BCUT2D eigenvalue weighted by Crippen LogP contribution is -2.38. The van der Waals surface area contributed by atoms with E-state index in [2.05, 4.69) is 14.7 Å². The van der Waals surface area contributed by atoms with Gasteiger partial charge in [-0.25, -0.2) is 9.97 Å². The molecule has 5 N–H and O–H groups in total. The molecular weight excluding hydrogens is 501 g/mol. The highest BCUT2D eigenvalue weighted by Crippen LogP contribution is 2.35. The number of alkyl halides is 3. The van der Waals surface area contributed by atoms with Crippen LogP contribution in [0.1, 0.15) is 53.0 Å². The molecular formula is C23H26ClF3N6O3. The van der Waals surface area contributed by atoms with Gasteiger partial charge in [0.1, 0.15) is 23.2 Å². The summed E-state index contributed by atoms with van der Waals surface area (Å²) in [5.74, 6) is 0.0490. The number of H-pyrrole nitrogens is 1. The van der Waals surface area contributed by atoms with E-state index < -0.39 is 12.1 Å². The Labute approximate surface area is 210 Å². The average Bonchev–Trinajstić information content (AvgIpc) is 3.43. The number of rotatable bonds is 4. The highest BCUT2D eigenvalue weighted by molar-refractivity contribution is 5.99. The fourth-order valence-electron chi connectivity index (χ4n) is 4.80. The van der Waals surface area contributed by atoms with Gasteiger partial charge in [-0.05, 0) is 48.9 Å². The number of carbonyl (C=O) groups excluding carboxylic acids is 1. The van der Waals surface area contributed by atoms with E-state index in [0.29, 0.717) is 44.0 Å². The molecule has 0 radical (unpaired) electrons. The number of hydrogen-bond acceptors (Lipinski definition) is 7.